The van der Waals surface area contributed by atoms with Crippen molar-refractivity contribution in [2.24, 2.45) is 7.05 Å². The number of aromatic nitrogens is 2. The van der Waals surface area contributed by atoms with Crippen LogP contribution in [0.5, 0.6) is 0 Å². The fraction of sp³-hybridized carbons (Fsp3) is 0.200. The first kappa shape index (κ1) is 18.6. The van der Waals surface area contributed by atoms with Crippen LogP contribution in [0.1, 0.15) is 21.7 Å². The Labute approximate surface area is 163 Å². The zero-order chi connectivity index (χ0) is 19.9. The highest BCUT2D eigenvalue weighted by Gasteiger charge is 2.32. The van der Waals surface area contributed by atoms with Crippen LogP contribution in [0, 0.1) is 0 Å². The quantitative estimate of drug-likeness (QED) is 0.618. The number of fused-ring (bicyclic) bond motifs is 1. The number of carbonyl (C=O) groups excluding carboxylic acids is 1. The van der Waals surface area contributed by atoms with Crippen molar-refractivity contribution >= 4 is 34.8 Å². The fourth-order valence-corrected chi connectivity index (χ4v) is 4.14. The number of benzene rings is 2. The molecule has 3 aromatic rings. The van der Waals surface area contributed by atoms with Crippen LogP contribution < -0.4 is 0 Å². The zero-order valence-corrected chi connectivity index (χ0v) is 15.7. The number of hydrogen-bond acceptors (Lipinski definition) is 3. The number of hydrogen-bond donors (Lipinski definition) is 0. The van der Waals surface area contributed by atoms with E-state index in [4.69, 9.17) is 0 Å². The maximum atomic E-state index is 13.0. The topological polar surface area (TPSA) is 38.1 Å². The van der Waals surface area contributed by atoms with Crippen molar-refractivity contribution in [1.82, 2.24) is 14.5 Å². The summed E-state index contributed by atoms with van der Waals surface area (Å²) in [4.78, 5) is 18.9. The maximum absolute atomic E-state index is 13.0. The van der Waals surface area contributed by atoms with Crippen LogP contribution in [0.25, 0.3) is 17.1 Å². The smallest absolute Gasteiger partial charge is 0.328 e. The van der Waals surface area contributed by atoms with Crippen LogP contribution in [0.2, 0.25) is 0 Å². The third-order valence-electron chi connectivity index (χ3n) is 4.59. The minimum atomic E-state index is -4.48. The molecule has 1 amide bonds. The summed E-state index contributed by atoms with van der Waals surface area (Å²) in [5.41, 5.74) is 1.00. The van der Waals surface area contributed by atoms with Gasteiger partial charge in [0.1, 0.15) is 5.82 Å². The molecular weight excluding hydrogens is 387 g/mol. The standard InChI is InChI=1S/C20H16F3N3OS/c1-25-16-8-3-2-7-15(16)24-17(25)12-18-26(9-10-28-18)19(27)13-5-4-6-14(11-13)20(21,22)23/h2-8,11-12H,9-10H2,1H3/b18-12+. The average Bonchev–Trinajstić information content (AvgIpc) is 3.26. The Balaban J connectivity index is 1.67. The summed E-state index contributed by atoms with van der Waals surface area (Å²) in [5, 5.41) is 0.681. The van der Waals surface area contributed by atoms with Crippen LogP contribution in [-0.4, -0.2) is 32.7 Å². The van der Waals surface area contributed by atoms with E-state index in [2.05, 4.69) is 4.98 Å². The van der Waals surface area contributed by atoms with E-state index in [1.807, 2.05) is 42.0 Å². The normalized spacial score (nSPS) is 16.3. The lowest BCUT2D eigenvalue weighted by Gasteiger charge is -2.18. The molecule has 1 aliphatic heterocycles. The zero-order valence-electron chi connectivity index (χ0n) is 14.9. The van der Waals surface area contributed by atoms with Crippen LogP contribution in [0.15, 0.2) is 53.6 Å². The Morgan fingerprint density at radius 1 is 1.18 bits per heavy atom. The van der Waals surface area contributed by atoms with Gasteiger partial charge in [-0.2, -0.15) is 13.2 Å². The predicted octanol–water partition coefficient (Wildman–Crippen LogP) is 4.78. The summed E-state index contributed by atoms with van der Waals surface area (Å²) in [6, 6.07) is 12.2. The van der Waals surface area contributed by atoms with E-state index in [1.165, 1.54) is 28.8 Å². The first-order valence-corrected chi connectivity index (χ1v) is 9.58. The molecule has 28 heavy (non-hydrogen) atoms. The van der Waals surface area contributed by atoms with Crippen molar-refractivity contribution < 1.29 is 18.0 Å². The molecule has 4 nitrogen and oxygen atoms in total. The van der Waals surface area contributed by atoms with Gasteiger partial charge in [-0.15, -0.1) is 11.8 Å². The monoisotopic (exact) mass is 403 g/mol. The van der Waals surface area contributed by atoms with Gasteiger partial charge < -0.3 is 9.47 Å². The van der Waals surface area contributed by atoms with Crippen LogP contribution in [0.3, 0.4) is 0 Å². The molecule has 1 saturated heterocycles. The number of carbonyl (C=O) groups is 1. The molecule has 2 aromatic carbocycles. The van der Waals surface area contributed by atoms with E-state index in [-0.39, 0.29) is 5.56 Å². The first-order chi connectivity index (χ1) is 13.3. The SMILES string of the molecule is Cn1c(/C=C2/SCCN2C(=O)c2cccc(C(F)(F)F)c2)nc2ccccc21. The lowest BCUT2D eigenvalue weighted by Crippen LogP contribution is -2.27. The van der Waals surface area contributed by atoms with Crippen LogP contribution in [-0.2, 0) is 13.2 Å². The molecule has 0 N–H and O–H groups in total. The number of halogens is 3. The number of rotatable bonds is 2. The van der Waals surface area contributed by atoms with Gasteiger partial charge in [0.05, 0.1) is 21.6 Å². The van der Waals surface area contributed by atoms with E-state index in [1.54, 1.807) is 0 Å². The molecule has 0 unspecified atom stereocenters. The van der Waals surface area contributed by atoms with Gasteiger partial charge >= 0.3 is 6.18 Å². The summed E-state index contributed by atoms with van der Waals surface area (Å²) in [5.74, 6) is 0.925. The highest BCUT2D eigenvalue weighted by atomic mass is 32.2. The average molecular weight is 403 g/mol. The molecule has 1 aromatic heterocycles. The van der Waals surface area contributed by atoms with E-state index < -0.39 is 17.6 Å². The van der Waals surface area contributed by atoms with Crippen LogP contribution in [0.4, 0.5) is 13.2 Å². The summed E-state index contributed by atoms with van der Waals surface area (Å²) in [7, 11) is 1.89. The van der Waals surface area contributed by atoms with Gasteiger partial charge in [0.15, 0.2) is 0 Å². The number of thioether (sulfide) groups is 1. The summed E-state index contributed by atoms with van der Waals surface area (Å²) < 4.78 is 40.8. The Morgan fingerprint density at radius 2 is 1.96 bits per heavy atom. The number of nitrogens with zero attached hydrogens (tertiary/aromatic N) is 3. The van der Waals surface area contributed by atoms with E-state index >= 15 is 0 Å². The van der Waals surface area contributed by atoms with Crippen molar-refractivity contribution in [3.63, 3.8) is 0 Å². The number of imidazole rings is 1. The minimum Gasteiger partial charge on any atom is -0.328 e. The lowest BCUT2D eigenvalue weighted by molar-refractivity contribution is -0.137. The summed E-state index contributed by atoms with van der Waals surface area (Å²) in [6.45, 7) is 0.440. The highest BCUT2D eigenvalue weighted by Crippen LogP contribution is 2.33. The molecule has 0 aliphatic carbocycles. The van der Waals surface area contributed by atoms with Crippen molar-refractivity contribution in [2.75, 3.05) is 12.3 Å². The largest absolute Gasteiger partial charge is 0.416 e. The number of aryl methyl sites for hydroxylation is 1. The lowest BCUT2D eigenvalue weighted by atomic mass is 10.1. The Kier molecular flexibility index (Phi) is 4.66. The molecule has 4 rings (SSSR count). The number of amides is 1. The minimum absolute atomic E-state index is 0.0215. The van der Waals surface area contributed by atoms with Gasteiger partial charge in [-0.25, -0.2) is 4.98 Å². The molecule has 2 heterocycles. The third kappa shape index (κ3) is 3.40. The molecule has 0 radical (unpaired) electrons. The molecule has 0 bridgehead atoms. The molecular formula is C20H16F3N3OS. The Morgan fingerprint density at radius 3 is 2.71 bits per heavy atom. The van der Waals surface area contributed by atoms with Crippen molar-refractivity contribution in [3.05, 3.63) is 70.5 Å². The molecule has 8 heteroatoms. The highest BCUT2D eigenvalue weighted by molar-refractivity contribution is 8.03. The fourth-order valence-electron chi connectivity index (χ4n) is 3.14. The van der Waals surface area contributed by atoms with Gasteiger partial charge in [0.25, 0.3) is 5.91 Å². The second kappa shape index (κ2) is 7.01. The Bertz CT molecular complexity index is 1090. The van der Waals surface area contributed by atoms with E-state index in [9.17, 15) is 18.0 Å². The van der Waals surface area contributed by atoms with Gasteiger partial charge in [-0.1, -0.05) is 18.2 Å². The molecule has 1 fully saturated rings. The summed E-state index contributed by atoms with van der Waals surface area (Å²) in [6.07, 6.45) is -2.68. The second-order valence-corrected chi connectivity index (χ2v) is 7.50. The van der Waals surface area contributed by atoms with Gasteiger partial charge in [-0.05, 0) is 30.3 Å². The van der Waals surface area contributed by atoms with Gasteiger partial charge in [-0.3, -0.25) is 4.79 Å². The first-order valence-electron chi connectivity index (χ1n) is 8.60. The van der Waals surface area contributed by atoms with Crippen molar-refractivity contribution in [1.29, 1.82) is 0 Å². The molecule has 0 atom stereocenters. The predicted molar refractivity (Wildman–Crippen MR) is 104 cm³/mol. The summed E-state index contributed by atoms with van der Waals surface area (Å²) >= 11 is 1.49. The van der Waals surface area contributed by atoms with Gasteiger partial charge in [0, 0.05) is 31.0 Å². The maximum Gasteiger partial charge on any atom is 0.416 e. The number of para-hydroxylation sites is 2. The third-order valence-corrected chi connectivity index (χ3v) is 5.61. The molecule has 0 saturated carbocycles. The van der Waals surface area contributed by atoms with E-state index in [0.717, 1.165) is 23.2 Å². The van der Waals surface area contributed by atoms with E-state index in [0.29, 0.717) is 23.2 Å². The Hall–Kier alpha value is -2.74. The number of alkyl halides is 3. The molecule has 0 spiro atoms. The van der Waals surface area contributed by atoms with Crippen molar-refractivity contribution in [3.8, 4) is 0 Å². The second-order valence-electron chi connectivity index (χ2n) is 6.38. The van der Waals surface area contributed by atoms with Crippen molar-refractivity contribution in [2.45, 2.75) is 6.18 Å². The molecule has 1 aliphatic rings. The molecule has 144 valence electrons. The van der Waals surface area contributed by atoms with Crippen LogP contribution >= 0.6 is 11.8 Å². The van der Waals surface area contributed by atoms with Gasteiger partial charge in [0.2, 0.25) is 0 Å².